The molecule has 7 heteroatoms. The molecule has 0 bridgehead atoms. The molecule has 1 unspecified atom stereocenters. The predicted molar refractivity (Wildman–Crippen MR) is 57.7 cm³/mol. The summed E-state index contributed by atoms with van der Waals surface area (Å²) in [5.41, 5.74) is -1.94. The molecule has 1 atom stereocenters. The third kappa shape index (κ3) is 3.33. The van der Waals surface area contributed by atoms with E-state index in [0.717, 1.165) is 19.1 Å². The van der Waals surface area contributed by atoms with E-state index in [2.05, 4.69) is 5.32 Å². The zero-order chi connectivity index (χ0) is 13.9. The Bertz CT molecular complexity index is 420. The highest BCUT2D eigenvalue weighted by Gasteiger charge is 2.36. The summed E-state index contributed by atoms with van der Waals surface area (Å²) >= 11 is 0. The van der Waals surface area contributed by atoms with Crippen LogP contribution in [-0.2, 0) is 6.18 Å². The fourth-order valence-corrected chi connectivity index (χ4v) is 1.49. The van der Waals surface area contributed by atoms with Crippen molar-refractivity contribution in [2.75, 3.05) is 18.5 Å². The zero-order valence-electron chi connectivity index (χ0n) is 9.55. The van der Waals surface area contributed by atoms with Gasteiger partial charge in [-0.05, 0) is 24.6 Å². The van der Waals surface area contributed by atoms with Gasteiger partial charge in [0.2, 0.25) is 0 Å². The minimum absolute atomic E-state index is 0.259. The second-order valence-corrected chi connectivity index (χ2v) is 3.81. The third-order valence-electron chi connectivity index (χ3n) is 2.42. The lowest BCUT2D eigenvalue weighted by molar-refractivity contribution is -0.137. The molecule has 0 spiro atoms. The lowest BCUT2D eigenvalue weighted by Gasteiger charge is -2.18. The van der Waals surface area contributed by atoms with Gasteiger partial charge in [-0.25, -0.2) is 4.39 Å². The average molecular weight is 267 g/mol. The van der Waals surface area contributed by atoms with Crippen LogP contribution in [0.4, 0.5) is 23.2 Å². The summed E-state index contributed by atoms with van der Waals surface area (Å²) in [7, 11) is 0. The lowest BCUT2D eigenvalue weighted by Crippen LogP contribution is -2.24. The Hall–Kier alpha value is -1.34. The third-order valence-corrected chi connectivity index (χ3v) is 2.42. The number of halogens is 4. The maximum Gasteiger partial charge on any atom is 0.418 e. The summed E-state index contributed by atoms with van der Waals surface area (Å²) in [5.74, 6) is -0.949. The van der Waals surface area contributed by atoms with E-state index in [1.165, 1.54) is 0 Å². The number of nitrogens with one attached hydrogen (secondary N) is 1. The van der Waals surface area contributed by atoms with E-state index in [0.29, 0.717) is 0 Å². The van der Waals surface area contributed by atoms with Gasteiger partial charge in [-0.15, -0.1) is 0 Å². The Kier molecular flexibility index (Phi) is 4.53. The molecule has 1 aromatic rings. The van der Waals surface area contributed by atoms with Crippen LogP contribution in [0.5, 0.6) is 0 Å². The van der Waals surface area contributed by atoms with E-state index in [1.807, 2.05) is 0 Å². The Balaban J connectivity index is 3.08. The number of alkyl halides is 3. The molecule has 0 aliphatic carbocycles. The van der Waals surface area contributed by atoms with Crippen molar-refractivity contribution < 1.29 is 27.8 Å². The fourth-order valence-electron chi connectivity index (χ4n) is 1.49. The van der Waals surface area contributed by atoms with Crippen LogP contribution >= 0.6 is 0 Å². The van der Waals surface area contributed by atoms with Crippen molar-refractivity contribution in [3.63, 3.8) is 0 Å². The molecule has 0 saturated carbocycles. The molecule has 3 N–H and O–H groups in total. The zero-order valence-corrected chi connectivity index (χ0v) is 9.55. The Morgan fingerprint density at radius 2 is 1.94 bits per heavy atom. The Labute approximate surface area is 101 Å². The van der Waals surface area contributed by atoms with Crippen molar-refractivity contribution in [3.05, 3.63) is 29.1 Å². The van der Waals surface area contributed by atoms with Gasteiger partial charge in [0, 0.05) is 12.2 Å². The summed E-state index contributed by atoms with van der Waals surface area (Å²) in [6.07, 6.45) is -5.88. The van der Waals surface area contributed by atoms with Crippen LogP contribution < -0.4 is 5.32 Å². The molecule has 0 amide bonds. The highest BCUT2D eigenvalue weighted by Crippen LogP contribution is 2.38. The van der Waals surface area contributed by atoms with Crippen molar-refractivity contribution in [1.29, 1.82) is 0 Å². The average Bonchev–Trinajstić information content (AvgIpc) is 2.28. The first-order chi connectivity index (χ1) is 8.27. The van der Waals surface area contributed by atoms with E-state index in [9.17, 15) is 17.6 Å². The number of hydrogen-bond donors (Lipinski definition) is 3. The minimum Gasteiger partial charge on any atom is -0.394 e. The van der Waals surface area contributed by atoms with Gasteiger partial charge < -0.3 is 15.5 Å². The van der Waals surface area contributed by atoms with E-state index in [1.54, 1.807) is 0 Å². The van der Waals surface area contributed by atoms with Gasteiger partial charge in [-0.2, -0.15) is 13.2 Å². The van der Waals surface area contributed by atoms with Crippen molar-refractivity contribution in [1.82, 2.24) is 0 Å². The normalized spacial score (nSPS) is 13.5. The number of benzene rings is 1. The van der Waals surface area contributed by atoms with E-state index in [4.69, 9.17) is 10.2 Å². The maximum absolute atomic E-state index is 13.1. The molecule has 0 aliphatic heterocycles. The predicted octanol–water partition coefficient (Wildman–Crippen LogP) is 1.92. The lowest BCUT2D eigenvalue weighted by atomic mass is 10.1. The molecule has 0 aromatic heterocycles. The van der Waals surface area contributed by atoms with Crippen LogP contribution in [0.25, 0.3) is 0 Å². The quantitative estimate of drug-likeness (QED) is 0.730. The van der Waals surface area contributed by atoms with Crippen LogP contribution in [0.15, 0.2) is 12.1 Å². The maximum atomic E-state index is 13.1. The Morgan fingerprint density at radius 1 is 1.33 bits per heavy atom. The molecule has 0 radical (unpaired) electrons. The Morgan fingerprint density at radius 3 is 2.44 bits per heavy atom. The van der Waals surface area contributed by atoms with E-state index >= 15 is 0 Å². The number of aliphatic hydroxyl groups is 2. The molecule has 0 heterocycles. The van der Waals surface area contributed by atoms with Crippen molar-refractivity contribution in [2.24, 2.45) is 0 Å². The SMILES string of the molecule is Cc1c(F)ccc(NCC(O)CO)c1C(F)(F)F. The van der Waals surface area contributed by atoms with Crippen LogP contribution in [0.1, 0.15) is 11.1 Å². The molecular formula is C11H13F4NO2. The molecule has 0 aliphatic rings. The summed E-state index contributed by atoms with van der Waals surface area (Å²) < 4.78 is 51.5. The number of rotatable bonds is 4. The van der Waals surface area contributed by atoms with Crippen molar-refractivity contribution in [2.45, 2.75) is 19.2 Å². The first kappa shape index (κ1) is 14.7. The highest BCUT2D eigenvalue weighted by atomic mass is 19.4. The molecule has 0 fully saturated rings. The van der Waals surface area contributed by atoms with Gasteiger partial charge in [-0.3, -0.25) is 0 Å². The first-order valence-corrected chi connectivity index (χ1v) is 5.16. The van der Waals surface area contributed by atoms with Gasteiger partial charge in [-0.1, -0.05) is 0 Å². The molecular weight excluding hydrogens is 254 g/mol. The smallest absolute Gasteiger partial charge is 0.394 e. The van der Waals surface area contributed by atoms with E-state index < -0.39 is 35.8 Å². The van der Waals surface area contributed by atoms with Gasteiger partial charge in [0.15, 0.2) is 0 Å². The summed E-state index contributed by atoms with van der Waals surface area (Å²) in [6, 6.07) is 1.87. The van der Waals surface area contributed by atoms with Crippen LogP contribution in [0.2, 0.25) is 0 Å². The molecule has 18 heavy (non-hydrogen) atoms. The topological polar surface area (TPSA) is 52.5 Å². The van der Waals surface area contributed by atoms with Crippen LogP contribution in [0, 0.1) is 12.7 Å². The fraction of sp³-hybridized carbons (Fsp3) is 0.455. The van der Waals surface area contributed by atoms with Crippen molar-refractivity contribution in [3.8, 4) is 0 Å². The van der Waals surface area contributed by atoms with Crippen molar-refractivity contribution >= 4 is 5.69 Å². The number of aliphatic hydroxyl groups excluding tert-OH is 2. The molecule has 3 nitrogen and oxygen atoms in total. The van der Waals surface area contributed by atoms with Crippen LogP contribution in [0.3, 0.4) is 0 Å². The first-order valence-electron chi connectivity index (χ1n) is 5.16. The van der Waals surface area contributed by atoms with Crippen LogP contribution in [-0.4, -0.2) is 29.5 Å². The van der Waals surface area contributed by atoms with Gasteiger partial charge in [0.05, 0.1) is 18.3 Å². The molecule has 1 aromatic carbocycles. The minimum atomic E-state index is -4.70. The monoisotopic (exact) mass is 267 g/mol. The van der Waals surface area contributed by atoms with Gasteiger partial charge in [0.25, 0.3) is 0 Å². The van der Waals surface area contributed by atoms with Gasteiger partial charge in [0.1, 0.15) is 5.82 Å². The standard InChI is InChI=1S/C11H13F4NO2/c1-6-8(12)2-3-9(10(6)11(13,14)15)16-4-7(18)5-17/h2-3,7,16-18H,4-5H2,1H3. The summed E-state index contributed by atoms with van der Waals surface area (Å²) in [4.78, 5) is 0. The number of hydrogen-bond acceptors (Lipinski definition) is 3. The number of anilines is 1. The summed E-state index contributed by atoms with van der Waals surface area (Å²) in [6.45, 7) is 0.199. The molecule has 102 valence electrons. The second kappa shape index (κ2) is 5.53. The molecule has 0 saturated heterocycles. The van der Waals surface area contributed by atoms with E-state index in [-0.39, 0.29) is 12.2 Å². The van der Waals surface area contributed by atoms with Gasteiger partial charge >= 0.3 is 6.18 Å². The summed E-state index contributed by atoms with van der Waals surface area (Å²) in [5, 5.41) is 20.0. The second-order valence-electron chi connectivity index (χ2n) is 3.81. The molecule has 1 rings (SSSR count). The largest absolute Gasteiger partial charge is 0.418 e. The highest BCUT2D eigenvalue weighted by molar-refractivity contribution is 5.56.